The van der Waals surface area contributed by atoms with Gasteiger partial charge in [-0.25, -0.2) is 0 Å². The van der Waals surface area contributed by atoms with Gasteiger partial charge in [0.25, 0.3) is 0 Å². The molecule has 0 aliphatic carbocycles. The molecule has 2 aromatic rings. The van der Waals surface area contributed by atoms with Crippen molar-refractivity contribution in [2.75, 3.05) is 58.4 Å². The number of morpholine rings is 1. The quantitative estimate of drug-likeness (QED) is 0.557. The summed E-state index contributed by atoms with van der Waals surface area (Å²) in [7, 11) is 1.69. The van der Waals surface area contributed by atoms with Gasteiger partial charge in [-0.3, -0.25) is 4.90 Å². The number of thiocarbonyl (C=S) groups is 1. The van der Waals surface area contributed by atoms with Crippen LogP contribution >= 0.6 is 12.2 Å². The first-order chi connectivity index (χ1) is 15.2. The van der Waals surface area contributed by atoms with Crippen LogP contribution in [0.4, 0.5) is 5.69 Å². The van der Waals surface area contributed by atoms with Crippen molar-refractivity contribution in [3.63, 3.8) is 0 Å². The average molecular weight is 444 g/mol. The van der Waals surface area contributed by atoms with Gasteiger partial charge in [-0.15, -0.1) is 0 Å². The van der Waals surface area contributed by atoms with Crippen LogP contribution in [0.25, 0.3) is 0 Å². The van der Waals surface area contributed by atoms with Crippen LogP contribution in [-0.2, 0) is 11.3 Å². The maximum Gasteiger partial charge on any atom is 0.173 e. The first-order valence-electron chi connectivity index (χ1n) is 10.9. The second-order valence-electron chi connectivity index (χ2n) is 7.44. The summed E-state index contributed by atoms with van der Waals surface area (Å²) in [5, 5.41) is 4.09. The van der Waals surface area contributed by atoms with Crippen LogP contribution in [0.15, 0.2) is 48.5 Å². The van der Waals surface area contributed by atoms with Gasteiger partial charge in [0.15, 0.2) is 5.11 Å². The number of benzene rings is 2. The summed E-state index contributed by atoms with van der Waals surface area (Å²) in [5.41, 5.74) is 2.05. The normalized spacial score (nSPS) is 14.1. The smallest absolute Gasteiger partial charge is 0.173 e. The Hall–Kier alpha value is -2.35. The molecule has 7 heteroatoms. The van der Waals surface area contributed by atoms with E-state index in [-0.39, 0.29) is 0 Å². The molecule has 0 aromatic heterocycles. The second kappa shape index (κ2) is 12.5. The lowest BCUT2D eigenvalue weighted by atomic mass is 10.2. The molecule has 1 aliphatic heterocycles. The van der Waals surface area contributed by atoms with Gasteiger partial charge in [-0.2, -0.15) is 0 Å². The summed E-state index contributed by atoms with van der Waals surface area (Å²) >= 11 is 5.83. The molecule has 2 aromatic carbocycles. The van der Waals surface area contributed by atoms with Gasteiger partial charge in [-0.05, 0) is 55.4 Å². The van der Waals surface area contributed by atoms with Crippen molar-refractivity contribution >= 4 is 23.0 Å². The summed E-state index contributed by atoms with van der Waals surface area (Å²) in [6, 6.07) is 16.0. The predicted octanol–water partition coefficient (Wildman–Crippen LogP) is 4.02. The van der Waals surface area contributed by atoms with Crippen LogP contribution in [0.2, 0.25) is 0 Å². The maximum absolute atomic E-state index is 5.83. The highest BCUT2D eigenvalue weighted by molar-refractivity contribution is 7.80. The first kappa shape index (κ1) is 23.3. The molecular weight excluding hydrogens is 410 g/mol. The highest BCUT2D eigenvalue weighted by atomic mass is 32.1. The lowest BCUT2D eigenvalue weighted by molar-refractivity contribution is 0.0368. The van der Waals surface area contributed by atoms with Crippen LogP contribution in [0.1, 0.15) is 18.9 Å². The summed E-state index contributed by atoms with van der Waals surface area (Å²) in [6.07, 6.45) is 1.03. The number of nitrogens with one attached hydrogen (secondary N) is 1. The standard InChI is InChI=1S/C24H33N3O3S/c1-3-30-23-11-5-4-10-22(23)25-24(31)27(13-7-12-26-14-16-29-17-15-26)19-20-8-6-9-21(18-20)28-2/h4-6,8-11,18H,3,7,12-17,19H2,1-2H3,(H,25,31). The Labute approximate surface area is 191 Å². The number of ether oxygens (including phenoxy) is 3. The fourth-order valence-corrected chi connectivity index (χ4v) is 3.86. The van der Waals surface area contributed by atoms with E-state index in [0.717, 1.165) is 68.6 Å². The second-order valence-corrected chi connectivity index (χ2v) is 7.83. The van der Waals surface area contributed by atoms with Gasteiger partial charge in [-0.1, -0.05) is 24.3 Å². The third-order valence-electron chi connectivity index (χ3n) is 5.23. The molecule has 31 heavy (non-hydrogen) atoms. The Morgan fingerprint density at radius 1 is 1.16 bits per heavy atom. The summed E-state index contributed by atoms with van der Waals surface area (Å²) in [5.74, 6) is 1.66. The zero-order valence-corrected chi connectivity index (χ0v) is 19.3. The van der Waals surface area contributed by atoms with E-state index in [0.29, 0.717) is 18.3 Å². The van der Waals surface area contributed by atoms with E-state index in [1.807, 2.05) is 43.3 Å². The molecule has 1 aliphatic rings. The number of anilines is 1. The van der Waals surface area contributed by atoms with E-state index < -0.39 is 0 Å². The molecule has 168 valence electrons. The number of methoxy groups -OCH3 is 1. The van der Waals surface area contributed by atoms with E-state index in [9.17, 15) is 0 Å². The SMILES string of the molecule is CCOc1ccccc1NC(=S)N(CCCN1CCOCC1)Cc1cccc(OC)c1. The van der Waals surface area contributed by atoms with Crippen molar-refractivity contribution in [1.29, 1.82) is 0 Å². The Morgan fingerprint density at radius 3 is 2.74 bits per heavy atom. The highest BCUT2D eigenvalue weighted by Gasteiger charge is 2.15. The Bertz CT molecular complexity index is 827. The Kier molecular flexibility index (Phi) is 9.39. The molecule has 0 saturated carbocycles. The van der Waals surface area contributed by atoms with Crippen molar-refractivity contribution in [2.24, 2.45) is 0 Å². The van der Waals surface area contributed by atoms with E-state index in [1.54, 1.807) is 7.11 Å². The number of hydrogen-bond acceptors (Lipinski definition) is 5. The lowest BCUT2D eigenvalue weighted by Gasteiger charge is -2.30. The van der Waals surface area contributed by atoms with E-state index in [2.05, 4.69) is 27.2 Å². The molecule has 0 atom stereocenters. The van der Waals surface area contributed by atoms with Crippen molar-refractivity contribution < 1.29 is 14.2 Å². The van der Waals surface area contributed by atoms with Gasteiger partial charge in [0.05, 0.1) is 32.6 Å². The van der Waals surface area contributed by atoms with E-state index in [4.69, 9.17) is 26.4 Å². The van der Waals surface area contributed by atoms with Crippen molar-refractivity contribution in [3.8, 4) is 11.5 Å². The predicted molar refractivity (Wildman–Crippen MR) is 129 cm³/mol. The topological polar surface area (TPSA) is 46.2 Å². The molecule has 1 N–H and O–H groups in total. The van der Waals surface area contributed by atoms with Gasteiger partial charge in [0.2, 0.25) is 0 Å². The molecule has 0 spiro atoms. The molecule has 1 fully saturated rings. The fourth-order valence-electron chi connectivity index (χ4n) is 3.60. The van der Waals surface area contributed by atoms with Gasteiger partial charge < -0.3 is 24.4 Å². The number of nitrogens with zero attached hydrogens (tertiary/aromatic N) is 2. The fraction of sp³-hybridized carbons (Fsp3) is 0.458. The third kappa shape index (κ3) is 7.38. The minimum Gasteiger partial charge on any atom is -0.497 e. The molecule has 0 radical (unpaired) electrons. The van der Waals surface area contributed by atoms with E-state index >= 15 is 0 Å². The molecule has 3 rings (SSSR count). The zero-order valence-electron chi connectivity index (χ0n) is 18.5. The summed E-state index contributed by atoms with van der Waals surface area (Å²) in [4.78, 5) is 4.67. The summed E-state index contributed by atoms with van der Waals surface area (Å²) in [6.45, 7) is 8.84. The molecular formula is C24H33N3O3S. The summed E-state index contributed by atoms with van der Waals surface area (Å²) < 4.78 is 16.6. The molecule has 1 saturated heterocycles. The molecule has 0 bridgehead atoms. The number of rotatable bonds is 10. The van der Waals surface area contributed by atoms with Crippen molar-refractivity contribution in [2.45, 2.75) is 19.9 Å². The van der Waals surface area contributed by atoms with Crippen LogP contribution < -0.4 is 14.8 Å². The largest absolute Gasteiger partial charge is 0.497 e. The van der Waals surface area contributed by atoms with Gasteiger partial charge >= 0.3 is 0 Å². The number of para-hydroxylation sites is 2. The van der Waals surface area contributed by atoms with Crippen LogP contribution in [0.5, 0.6) is 11.5 Å². The monoisotopic (exact) mass is 443 g/mol. The zero-order chi connectivity index (χ0) is 21.9. The first-order valence-corrected chi connectivity index (χ1v) is 11.3. The minimum absolute atomic E-state index is 0.610. The molecule has 0 unspecified atom stereocenters. The van der Waals surface area contributed by atoms with Crippen molar-refractivity contribution in [1.82, 2.24) is 9.80 Å². The Balaban J connectivity index is 1.68. The van der Waals surface area contributed by atoms with Gasteiger partial charge in [0, 0.05) is 32.7 Å². The third-order valence-corrected chi connectivity index (χ3v) is 5.59. The Morgan fingerprint density at radius 2 is 1.97 bits per heavy atom. The highest BCUT2D eigenvalue weighted by Crippen LogP contribution is 2.24. The van der Waals surface area contributed by atoms with Crippen LogP contribution in [0.3, 0.4) is 0 Å². The molecule has 6 nitrogen and oxygen atoms in total. The molecule has 1 heterocycles. The molecule has 0 amide bonds. The number of hydrogen-bond donors (Lipinski definition) is 1. The minimum atomic E-state index is 0.610. The van der Waals surface area contributed by atoms with Crippen LogP contribution in [-0.4, -0.2) is 68.0 Å². The van der Waals surface area contributed by atoms with E-state index in [1.165, 1.54) is 0 Å². The van der Waals surface area contributed by atoms with Gasteiger partial charge in [0.1, 0.15) is 11.5 Å². The lowest BCUT2D eigenvalue weighted by Crippen LogP contribution is -2.40. The average Bonchev–Trinajstić information content (AvgIpc) is 2.80. The van der Waals surface area contributed by atoms with Crippen LogP contribution in [0, 0.1) is 0 Å². The maximum atomic E-state index is 5.83. The van der Waals surface area contributed by atoms with Crippen molar-refractivity contribution in [3.05, 3.63) is 54.1 Å².